The lowest BCUT2D eigenvalue weighted by atomic mass is 10.6. The summed E-state index contributed by atoms with van der Waals surface area (Å²) in [5, 5.41) is 7.09. The highest BCUT2D eigenvalue weighted by atomic mass is 35.5. The first-order valence-corrected chi connectivity index (χ1v) is 5.33. The van der Waals surface area contributed by atoms with Gasteiger partial charge in [0, 0.05) is 0 Å². The summed E-state index contributed by atoms with van der Waals surface area (Å²) < 4.78 is 21.8. The van der Waals surface area contributed by atoms with E-state index in [9.17, 15) is 8.42 Å². The molecule has 0 fully saturated rings. The van der Waals surface area contributed by atoms with Gasteiger partial charge in [-0.15, -0.1) is 0 Å². The number of halogens is 2. The van der Waals surface area contributed by atoms with Gasteiger partial charge >= 0.3 is 0 Å². The van der Waals surface area contributed by atoms with E-state index >= 15 is 0 Å². The summed E-state index contributed by atoms with van der Waals surface area (Å²) in [6, 6.07) is 1.46. The highest BCUT2D eigenvalue weighted by Gasteiger charge is 2.23. The fourth-order valence-corrected chi connectivity index (χ4v) is 1.98. The van der Waals surface area contributed by atoms with E-state index in [1.54, 1.807) is 0 Å². The molecule has 0 aromatic rings. The molecule has 68 valence electrons. The molecule has 0 bridgehead atoms. The van der Waals surface area contributed by atoms with Gasteiger partial charge < -0.3 is 0 Å². The van der Waals surface area contributed by atoms with Crippen molar-refractivity contribution in [2.45, 2.75) is 19.1 Å². The number of allylic oxidation sites excluding steroid dienone is 1. The van der Waals surface area contributed by atoms with Crippen molar-refractivity contribution < 1.29 is 8.42 Å². The van der Waals surface area contributed by atoms with Gasteiger partial charge in [-0.2, -0.15) is 5.26 Å². The molecule has 3 nitrogen and oxygen atoms in total. The van der Waals surface area contributed by atoms with Crippen molar-refractivity contribution in [2.24, 2.45) is 0 Å². The van der Waals surface area contributed by atoms with Crippen LogP contribution in [0.25, 0.3) is 0 Å². The molecule has 0 heterocycles. The number of nitriles is 1. The minimum absolute atomic E-state index is 0.495. The molecule has 0 rings (SSSR count). The number of hydrogen-bond donors (Lipinski definition) is 0. The van der Waals surface area contributed by atoms with Crippen LogP contribution in [-0.2, 0) is 9.84 Å². The first kappa shape index (κ1) is 11.8. The molecule has 0 aromatic carbocycles. The second-order valence-corrected chi connectivity index (χ2v) is 5.71. The number of sulfone groups is 1. The van der Waals surface area contributed by atoms with E-state index < -0.39 is 24.5 Å². The van der Waals surface area contributed by atoms with Crippen LogP contribution in [0.2, 0.25) is 0 Å². The van der Waals surface area contributed by atoms with Gasteiger partial charge in [-0.3, -0.25) is 0 Å². The van der Waals surface area contributed by atoms with Crippen molar-refractivity contribution in [2.75, 3.05) is 0 Å². The van der Waals surface area contributed by atoms with Crippen LogP contribution in [0.4, 0.5) is 0 Å². The summed E-state index contributed by atoms with van der Waals surface area (Å²) in [6.07, 6.45) is 0. The third-order valence-electron chi connectivity index (χ3n) is 1.14. The number of rotatable bonds is 2. The van der Waals surface area contributed by atoms with Crippen molar-refractivity contribution in [3.63, 3.8) is 0 Å². The molecule has 0 amide bonds. The molecule has 0 aliphatic heterocycles. The minimum atomic E-state index is -3.60. The Kier molecular flexibility index (Phi) is 4.04. The maximum atomic E-state index is 11.2. The second-order valence-electron chi connectivity index (χ2n) is 2.29. The average Bonchev–Trinajstić information content (AvgIpc) is 2.01. The van der Waals surface area contributed by atoms with Gasteiger partial charge in [0.1, 0.15) is 11.1 Å². The normalized spacial score (nSPS) is 14.0. The molecule has 0 radical (unpaired) electrons. The molecule has 0 aromatic heterocycles. The molecule has 0 saturated heterocycles. The molecule has 0 aliphatic rings. The molecule has 0 N–H and O–H groups in total. The third kappa shape index (κ3) is 2.37. The van der Waals surface area contributed by atoms with Gasteiger partial charge in [-0.25, -0.2) is 8.42 Å². The summed E-state index contributed by atoms with van der Waals surface area (Å²) in [5.74, 6) is 0. The minimum Gasteiger partial charge on any atom is -0.222 e. The van der Waals surface area contributed by atoms with E-state index in [4.69, 9.17) is 28.5 Å². The van der Waals surface area contributed by atoms with Crippen molar-refractivity contribution in [1.82, 2.24) is 0 Å². The van der Waals surface area contributed by atoms with Crippen LogP contribution in [0.1, 0.15) is 13.8 Å². The van der Waals surface area contributed by atoms with Crippen molar-refractivity contribution in [1.29, 1.82) is 5.26 Å². The fourth-order valence-electron chi connectivity index (χ4n) is 0.376. The lowest BCUT2D eigenvalue weighted by molar-refractivity contribution is 0.595. The first-order chi connectivity index (χ1) is 5.34. The van der Waals surface area contributed by atoms with Gasteiger partial charge in [0.25, 0.3) is 0 Å². The Morgan fingerprint density at radius 1 is 1.42 bits per heavy atom. The summed E-state index contributed by atoms with van der Waals surface area (Å²) in [6.45, 7) is 2.92. The molecular formula is C6H7Cl2NO2S. The lowest BCUT2D eigenvalue weighted by Gasteiger charge is -2.04. The molecule has 0 spiro atoms. The Morgan fingerprint density at radius 3 is 2.08 bits per heavy atom. The van der Waals surface area contributed by atoms with Gasteiger partial charge in [0.15, 0.2) is 14.2 Å². The van der Waals surface area contributed by atoms with E-state index in [1.165, 1.54) is 19.9 Å². The fraction of sp³-hybridized carbons (Fsp3) is 0.500. The van der Waals surface area contributed by atoms with E-state index in [0.29, 0.717) is 0 Å². The van der Waals surface area contributed by atoms with Crippen LogP contribution in [-0.4, -0.2) is 13.7 Å². The molecule has 0 saturated carbocycles. The van der Waals surface area contributed by atoms with E-state index in [2.05, 4.69) is 0 Å². The van der Waals surface area contributed by atoms with Crippen LogP contribution >= 0.6 is 23.2 Å². The highest BCUT2D eigenvalue weighted by molar-refractivity contribution is 7.97. The molecule has 12 heavy (non-hydrogen) atoms. The average molecular weight is 228 g/mol. The predicted octanol–water partition coefficient (Wildman–Crippen LogP) is 1.98. The maximum Gasteiger partial charge on any atom is 0.193 e. The Bertz CT molecular complexity index is 337. The monoisotopic (exact) mass is 227 g/mol. The Hall–Kier alpha value is -0.240. The van der Waals surface area contributed by atoms with Crippen LogP contribution in [0, 0.1) is 11.3 Å². The van der Waals surface area contributed by atoms with E-state index in [1.807, 2.05) is 0 Å². The van der Waals surface area contributed by atoms with Crippen LogP contribution in [0.15, 0.2) is 9.40 Å². The van der Waals surface area contributed by atoms with Gasteiger partial charge in [-0.05, 0) is 13.8 Å². The smallest absolute Gasteiger partial charge is 0.193 e. The lowest BCUT2D eigenvalue weighted by Crippen LogP contribution is -2.13. The zero-order valence-corrected chi connectivity index (χ0v) is 8.83. The highest BCUT2D eigenvalue weighted by Crippen LogP contribution is 2.23. The molecule has 0 unspecified atom stereocenters. The molecule has 0 atom stereocenters. The zero-order chi connectivity index (χ0) is 9.94. The number of nitrogens with zero attached hydrogens (tertiary/aromatic N) is 1. The van der Waals surface area contributed by atoms with Gasteiger partial charge in [-0.1, -0.05) is 23.2 Å². The quantitative estimate of drug-likeness (QED) is 0.679. The topological polar surface area (TPSA) is 57.9 Å². The molecule has 6 heteroatoms. The SMILES string of the molecule is CC(C)S(=O)(=O)/C(Cl)=C(/Cl)C#N. The van der Waals surface area contributed by atoms with E-state index in [0.717, 1.165) is 0 Å². The van der Waals surface area contributed by atoms with Crippen molar-refractivity contribution in [3.8, 4) is 6.07 Å². The van der Waals surface area contributed by atoms with Crippen LogP contribution in [0.3, 0.4) is 0 Å². The Balaban J connectivity index is 5.27. The first-order valence-electron chi connectivity index (χ1n) is 3.03. The van der Waals surface area contributed by atoms with Gasteiger partial charge in [0.05, 0.1) is 5.25 Å². The maximum absolute atomic E-state index is 11.2. The van der Waals surface area contributed by atoms with Crippen molar-refractivity contribution >= 4 is 33.0 Å². The molecule has 0 aliphatic carbocycles. The zero-order valence-electron chi connectivity index (χ0n) is 6.51. The predicted molar refractivity (Wildman–Crippen MR) is 48.4 cm³/mol. The van der Waals surface area contributed by atoms with Gasteiger partial charge in [0.2, 0.25) is 0 Å². The van der Waals surface area contributed by atoms with Crippen molar-refractivity contribution in [3.05, 3.63) is 9.40 Å². The Labute approximate surface area is 81.5 Å². The van der Waals surface area contributed by atoms with Crippen LogP contribution in [0.5, 0.6) is 0 Å². The third-order valence-corrected chi connectivity index (χ3v) is 4.40. The summed E-state index contributed by atoms with van der Waals surface area (Å²) in [7, 11) is -3.60. The van der Waals surface area contributed by atoms with E-state index in [-0.39, 0.29) is 0 Å². The second kappa shape index (κ2) is 4.13. The summed E-state index contributed by atoms with van der Waals surface area (Å²) >= 11 is 10.6. The van der Waals surface area contributed by atoms with Crippen LogP contribution < -0.4 is 0 Å². The summed E-state index contributed by atoms with van der Waals surface area (Å²) in [4.78, 5) is 0. The summed E-state index contributed by atoms with van der Waals surface area (Å²) in [5.41, 5.74) is 0. The largest absolute Gasteiger partial charge is 0.222 e. The Morgan fingerprint density at radius 2 is 1.83 bits per heavy atom. The standard InChI is InChI=1S/C6H7Cl2NO2S/c1-4(2)12(10,11)6(8)5(7)3-9/h4H,1-2H3/b6-5+. The number of hydrogen-bond acceptors (Lipinski definition) is 3. The molecular weight excluding hydrogens is 221 g/mol.